The summed E-state index contributed by atoms with van der Waals surface area (Å²) in [6.45, 7) is 0. The van der Waals surface area contributed by atoms with E-state index in [-0.39, 0.29) is 0 Å². The van der Waals surface area contributed by atoms with Crippen molar-refractivity contribution < 1.29 is 4.79 Å². The van der Waals surface area contributed by atoms with Gasteiger partial charge in [0.05, 0.1) is 10.7 Å². The molecule has 5 heteroatoms. The first-order valence-corrected chi connectivity index (χ1v) is 6.44. The van der Waals surface area contributed by atoms with Gasteiger partial charge in [0, 0.05) is 6.04 Å². The van der Waals surface area contributed by atoms with Crippen LogP contribution in [0.4, 0.5) is 10.7 Å². The van der Waals surface area contributed by atoms with Crippen molar-refractivity contribution in [1.29, 1.82) is 0 Å². The van der Waals surface area contributed by atoms with Gasteiger partial charge in [0.25, 0.3) is 5.91 Å². The summed E-state index contributed by atoms with van der Waals surface area (Å²) in [5.41, 5.74) is 11.4. The Labute approximate surface area is 99.0 Å². The molecular formula is C11H17N3OS. The molecule has 1 aromatic heterocycles. The van der Waals surface area contributed by atoms with E-state index in [0.717, 1.165) is 5.00 Å². The minimum Gasteiger partial charge on any atom is -0.397 e. The van der Waals surface area contributed by atoms with Crippen molar-refractivity contribution in [2.45, 2.75) is 38.1 Å². The highest BCUT2D eigenvalue weighted by atomic mass is 32.1. The standard InChI is InChI=1S/C11H17N3OS/c12-8-6-9(16-10(8)11(13)15)14-7-4-2-1-3-5-7/h6-7,14H,1-5,12H2,(H2,13,15). The van der Waals surface area contributed by atoms with Crippen LogP contribution in [-0.2, 0) is 0 Å². The van der Waals surface area contributed by atoms with Crippen LogP contribution in [0, 0.1) is 0 Å². The molecule has 1 heterocycles. The van der Waals surface area contributed by atoms with Gasteiger partial charge in [-0.05, 0) is 18.9 Å². The molecule has 0 spiro atoms. The number of rotatable bonds is 3. The van der Waals surface area contributed by atoms with E-state index in [9.17, 15) is 4.79 Å². The number of nitrogens with two attached hydrogens (primary N) is 2. The van der Waals surface area contributed by atoms with E-state index in [0.29, 0.717) is 16.6 Å². The summed E-state index contributed by atoms with van der Waals surface area (Å²) < 4.78 is 0. The number of thiophene rings is 1. The van der Waals surface area contributed by atoms with Crippen molar-refractivity contribution in [3.05, 3.63) is 10.9 Å². The van der Waals surface area contributed by atoms with Crippen LogP contribution in [0.2, 0.25) is 0 Å². The lowest BCUT2D eigenvalue weighted by molar-refractivity contribution is 0.100. The molecule has 0 atom stereocenters. The first kappa shape index (κ1) is 11.3. The third kappa shape index (κ3) is 2.47. The average Bonchev–Trinajstić information content (AvgIpc) is 2.61. The molecule has 1 fully saturated rings. The zero-order valence-corrected chi connectivity index (χ0v) is 9.98. The van der Waals surface area contributed by atoms with Crippen LogP contribution in [-0.4, -0.2) is 11.9 Å². The minimum absolute atomic E-state index is 0.445. The molecule has 0 saturated heterocycles. The van der Waals surface area contributed by atoms with Crippen LogP contribution < -0.4 is 16.8 Å². The average molecular weight is 239 g/mol. The third-order valence-corrected chi connectivity index (χ3v) is 4.03. The first-order chi connectivity index (χ1) is 7.66. The summed E-state index contributed by atoms with van der Waals surface area (Å²) in [6.07, 6.45) is 6.28. The fourth-order valence-corrected chi connectivity index (χ4v) is 3.03. The fourth-order valence-electron chi connectivity index (χ4n) is 2.12. The van der Waals surface area contributed by atoms with Crippen LogP contribution >= 0.6 is 11.3 Å². The summed E-state index contributed by atoms with van der Waals surface area (Å²) in [7, 11) is 0. The van der Waals surface area contributed by atoms with Gasteiger partial charge in [0.2, 0.25) is 0 Å². The molecule has 1 aliphatic carbocycles. The van der Waals surface area contributed by atoms with Crippen molar-refractivity contribution in [3.63, 3.8) is 0 Å². The molecule has 5 N–H and O–H groups in total. The number of carbonyl (C=O) groups is 1. The molecule has 0 aromatic carbocycles. The summed E-state index contributed by atoms with van der Waals surface area (Å²) in [5, 5.41) is 4.38. The Bertz CT molecular complexity index is 383. The van der Waals surface area contributed by atoms with Crippen molar-refractivity contribution in [1.82, 2.24) is 0 Å². The molecule has 0 bridgehead atoms. The van der Waals surface area contributed by atoms with Gasteiger partial charge in [-0.2, -0.15) is 0 Å². The van der Waals surface area contributed by atoms with Gasteiger partial charge in [-0.3, -0.25) is 4.79 Å². The zero-order chi connectivity index (χ0) is 11.5. The van der Waals surface area contributed by atoms with E-state index in [4.69, 9.17) is 11.5 Å². The molecule has 1 saturated carbocycles. The molecule has 1 aromatic rings. The van der Waals surface area contributed by atoms with E-state index < -0.39 is 5.91 Å². The maximum Gasteiger partial charge on any atom is 0.260 e. The monoisotopic (exact) mass is 239 g/mol. The quantitative estimate of drug-likeness (QED) is 0.756. The molecule has 2 rings (SSSR count). The van der Waals surface area contributed by atoms with Crippen LogP contribution in [0.25, 0.3) is 0 Å². The number of carbonyl (C=O) groups excluding carboxylic acids is 1. The highest BCUT2D eigenvalue weighted by Gasteiger charge is 2.16. The number of hydrogen-bond acceptors (Lipinski definition) is 4. The van der Waals surface area contributed by atoms with Crippen molar-refractivity contribution in [2.75, 3.05) is 11.1 Å². The SMILES string of the molecule is NC(=O)c1sc(NC2CCCCC2)cc1N. The topological polar surface area (TPSA) is 81.1 Å². The van der Waals surface area contributed by atoms with E-state index in [1.165, 1.54) is 43.4 Å². The third-order valence-electron chi connectivity index (χ3n) is 2.94. The van der Waals surface area contributed by atoms with Crippen LogP contribution in [0.3, 0.4) is 0 Å². The summed E-state index contributed by atoms with van der Waals surface area (Å²) in [5.74, 6) is -0.445. The predicted molar refractivity (Wildman–Crippen MR) is 67.7 cm³/mol. The molecular weight excluding hydrogens is 222 g/mol. The number of primary amides is 1. The van der Waals surface area contributed by atoms with Crippen molar-refractivity contribution >= 4 is 27.9 Å². The Morgan fingerprint density at radius 2 is 2.06 bits per heavy atom. The molecule has 1 aliphatic rings. The lowest BCUT2D eigenvalue weighted by Gasteiger charge is -2.22. The number of amides is 1. The van der Waals surface area contributed by atoms with Crippen LogP contribution in [0.15, 0.2) is 6.07 Å². The summed E-state index contributed by atoms with van der Waals surface area (Å²) >= 11 is 1.35. The Morgan fingerprint density at radius 1 is 1.38 bits per heavy atom. The van der Waals surface area contributed by atoms with Gasteiger partial charge in [-0.15, -0.1) is 11.3 Å². The first-order valence-electron chi connectivity index (χ1n) is 5.62. The second kappa shape index (κ2) is 4.74. The molecule has 16 heavy (non-hydrogen) atoms. The van der Waals surface area contributed by atoms with Gasteiger partial charge in [-0.1, -0.05) is 19.3 Å². The second-order valence-electron chi connectivity index (χ2n) is 4.24. The molecule has 1 amide bonds. The minimum atomic E-state index is -0.445. The van der Waals surface area contributed by atoms with E-state index in [2.05, 4.69) is 5.32 Å². The lowest BCUT2D eigenvalue weighted by Crippen LogP contribution is -2.21. The maximum atomic E-state index is 11.1. The summed E-state index contributed by atoms with van der Waals surface area (Å²) in [4.78, 5) is 11.5. The molecule has 0 radical (unpaired) electrons. The molecule has 88 valence electrons. The molecule has 4 nitrogen and oxygen atoms in total. The van der Waals surface area contributed by atoms with Gasteiger partial charge in [0.15, 0.2) is 0 Å². The second-order valence-corrected chi connectivity index (χ2v) is 5.29. The van der Waals surface area contributed by atoms with E-state index >= 15 is 0 Å². The van der Waals surface area contributed by atoms with Gasteiger partial charge in [-0.25, -0.2) is 0 Å². The molecule has 0 unspecified atom stereocenters. The Kier molecular flexibility index (Phi) is 3.33. The number of nitrogens with one attached hydrogen (secondary N) is 1. The highest BCUT2D eigenvalue weighted by Crippen LogP contribution is 2.31. The van der Waals surface area contributed by atoms with Gasteiger partial charge >= 0.3 is 0 Å². The Balaban J connectivity index is 2.03. The van der Waals surface area contributed by atoms with Crippen LogP contribution in [0.5, 0.6) is 0 Å². The zero-order valence-electron chi connectivity index (χ0n) is 9.16. The number of hydrogen-bond donors (Lipinski definition) is 3. The highest BCUT2D eigenvalue weighted by molar-refractivity contribution is 7.18. The van der Waals surface area contributed by atoms with Crippen molar-refractivity contribution in [2.24, 2.45) is 5.73 Å². The molecule has 0 aliphatic heterocycles. The van der Waals surface area contributed by atoms with Gasteiger partial charge < -0.3 is 16.8 Å². The van der Waals surface area contributed by atoms with E-state index in [1.807, 2.05) is 0 Å². The largest absolute Gasteiger partial charge is 0.397 e. The van der Waals surface area contributed by atoms with Crippen molar-refractivity contribution in [3.8, 4) is 0 Å². The lowest BCUT2D eigenvalue weighted by atomic mass is 9.96. The predicted octanol–water partition coefficient (Wildman–Crippen LogP) is 2.17. The van der Waals surface area contributed by atoms with Gasteiger partial charge in [0.1, 0.15) is 4.88 Å². The smallest absolute Gasteiger partial charge is 0.260 e. The number of anilines is 2. The van der Waals surface area contributed by atoms with Crippen LogP contribution in [0.1, 0.15) is 41.8 Å². The Hall–Kier alpha value is -1.23. The maximum absolute atomic E-state index is 11.1. The summed E-state index contributed by atoms with van der Waals surface area (Å²) in [6, 6.07) is 2.33. The fraction of sp³-hybridized carbons (Fsp3) is 0.545. The van der Waals surface area contributed by atoms with E-state index in [1.54, 1.807) is 6.07 Å². The number of nitrogen functional groups attached to an aromatic ring is 1. The normalized spacial score (nSPS) is 17.2. The Morgan fingerprint density at radius 3 is 2.62 bits per heavy atom.